The molecule has 2 rings (SSSR count). The first-order chi connectivity index (χ1) is 15.3. The number of hydrogen-bond donors (Lipinski definition) is 0. The Hall–Kier alpha value is -3.94. The molecular weight excluding hydrogens is 416 g/mol. The summed E-state index contributed by atoms with van der Waals surface area (Å²) in [5.41, 5.74) is 1.19. The lowest BCUT2D eigenvalue weighted by Crippen LogP contribution is -2.07. The van der Waals surface area contributed by atoms with Crippen LogP contribution in [0, 0.1) is 0 Å². The largest absolute Gasteiger partial charge is 0.497 e. The summed E-state index contributed by atoms with van der Waals surface area (Å²) in [6, 6.07) is 10.3. The average Bonchev–Trinajstić information content (AvgIpc) is 2.76. The SMILES string of the molecule is COc1cc(/C=C(OC(C)=O)/C(=C/c2cc(OC)cc(OC)c2)OC(C)=O)cc(OC)c1. The molecule has 0 amide bonds. The molecule has 32 heavy (non-hydrogen) atoms. The number of carbonyl (C=O) groups is 2. The van der Waals surface area contributed by atoms with Crippen molar-refractivity contribution in [1.82, 2.24) is 0 Å². The fourth-order valence-corrected chi connectivity index (χ4v) is 2.74. The first kappa shape index (κ1) is 24.3. The molecule has 8 nitrogen and oxygen atoms in total. The van der Waals surface area contributed by atoms with E-state index in [9.17, 15) is 9.59 Å². The van der Waals surface area contributed by atoms with Crippen molar-refractivity contribution in [1.29, 1.82) is 0 Å². The molecule has 0 spiro atoms. The highest BCUT2D eigenvalue weighted by Gasteiger charge is 2.16. The maximum atomic E-state index is 11.8. The normalized spacial score (nSPS) is 11.4. The van der Waals surface area contributed by atoms with Gasteiger partial charge in [0.25, 0.3) is 0 Å². The average molecular weight is 442 g/mol. The van der Waals surface area contributed by atoms with E-state index in [0.717, 1.165) is 0 Å². The van der Waals surface area contributed by atoms with Crippen LogP contribution in [0.5, 0.6) is 23.0 Å². The number of benzene rings is 2. The summed E-state index contributed by atoms with van der Waals surface area (Å²) in [7, 11) is 6.09. The molecule has 0 aromatic heterocycles. The van der Waals surface area contributed by atoms with Crippen molar-refractivity contribution < 1.29 is 38.0 Å². The number of esters is 2. The van der Waals surface area contributed by atoms with Crippen LogP contribution in [0.25, 0.3) is 12.2 Å². The minimum atomic E-state index is -0.590. The van der Waals surface area contributed by atoms with Crippen molar-refractivity contribution in [2.45, 2.75) is 13.8 Å². The molecule has 170 valence electrons. The third-order valence-corrected chi connectivity index (χ3v) is 4.09. The van der Waals surface area contributed by atoms with Crippen molar-refractivity contribution >= 4 is 24.1 Å². The van der Waals surface area contributed by atoms with E-state index >= 15 is 0 Å². The molecule has 0 aliphatic heterocycles. The van der Waals surface area contributed by atoms with E-state index in [2.05, 4.69) is 0 Å². The van der Waals surface area contributed by atoms with Crippen molar-refractivity contribution in [2.75, 3.05) is 28.4 Å². The van der Waals surface area contributed by atoms with Crippen LogP contribution in [0.15, 0.2) is 47.9 Å². The molecule has 2 aromatic rings. The summed E-state index contributed by atoms with van der Waals surface area (Å²) in [5.74, 6) is 0.998. The number of ether oxygens (including phenoxy) is 6. The summed E-state index contributed by atoms with van der Waals surface area (Å²) in [6.07, 6.45) is 3.08. The van der Waals surface area contributed by atoms with Gasteiger partial charge in [-0.1, -0.05) is 0 Å². The van der Waals surface area contributed by atoms with Crippen LogP contribution >= 0.6 is 0 Å². The third kappa shape index (κ3) is 7.09. The van der Waals surface area contributed by atoms with Crippen LogP contribution < -0.4 is 18.9 Å². The first-order valence-corrected chi connectivity index (χ1v) is 9.54. The van der Waals surface area contributed by atoms with E-state index in [4.69, 9.17) is 28.4 Å². The van der Waals surface area contributed by atoms with Crippen LogP contribution in [0.1, 0.15) is 25.0 Å². The molecule has 2 aromatic carbocycles. The Bertz CT molecular complexity index is 908. The summed E-state index contributed by atoms with van der Waals surface area (Å²) < 4.78 is 31.9. The van der Waals surface area contributed by atoms with E-state index in [1.807, 2.05) is 0 Å². The Balaban J connectivity index is 2.67. The fraction of sp³-hybridized carbons (Fsp3) is 0.250. The van der Waals surface area contributed by atoms with E-state index in [-0.39, 0.29) is 11.5 Å². The van der Waals surface area contributed by atoms with Crippen molar-refractivity contribution in [3.63, 3.8) is 0 Å². The van der Waals surface area contributed by atoms with Gasteiger partial charge in [-0.3, -0.25) is 9.59 Å². The lowest BCUT2D eigenvalue weighted by Gasteiger charge is -2.13. The Labute approximate surface area is 186 Å². The number of carbonyl (C=O) groups excluding carboxylic acids is 2. The standard InChI is InChI=1S/C24H26O8/c1-15(25)31-23(11-17-7-19(27-3)13-20(8-17)28-4)24(32-16(2)26)12-18-9-21(29-5)14-22(10-18)30-6/h7-14H,1-6H3/b23-11-,24-12-. The van der Waals surface area contributed by atoms with E-state index in [1.165, 1.54) is 42.3 Å². The highest BCUT2D eigenvalue weighted by Crippen LogP contribution is 2.29. The molecule has 0 bridgehead atoms. The smallest absolute Gasteiger partial charge is 0.308 e. The van der Waals surface area contributed by atoms with Crippen LogP contribution in [-0.4, -0.2) is 40.4 Å². The maximum absolute atomic E-state index is 11.8. The van der Waals surface area contributed by atoms with Crippen LogP contribution in [0.4, 0.5) is 0 Å². The van der Waals surface area contributed by atoms with E-state index < -0.39 is 11.9 Å². The van der Waals surface area contributed by atoms with Crippen LogP contribution in [-0.2, 0) is 19.1 Å². The highest BCUT2D eigenvalue weighted by molar-refractivity contribution is 5.76. The number of rotatable bonds is 9. The van der Waals surface area contributed by atoms with Gasteiger partial charge >= 0.3 is 11.9 Å². The second kappa shape index (κ2) is 11.5. The maximum Gasteiger partial charge on any atom is 0.308 e. The molecule has 0 fully saturated rings. The zero-order valence-electron chi connectivity index (χ0n) is 18.9. The summed E-state index contributed by atoms with van der Waals surface area (Å²) in [6.45, 7) is 2.50. The fourth-order valence-electron chi connectivity index (χ4n) is 2.74. The second-order valence-corrected chi connectivity index (χ2v) is 6.50. The van der Waals surface area contributed by atoms with Gasteiger partial charge in [0.05, 0.1) is 28.4 Å². The van der Waals surface area contributed by atoms with Gasteiger partial charge in [-0.25, -0.2) is 0 Å². The molecule has 0 N–H and O–H groups in total. The van der Waals surface area contributed by atoms with E-state index in [1.54, 1.807) is 48.6 Å². The van der Waals surface area contributed by atoms with Crippen molar-refractivity contribution in [3.8, 4) is 23.0 Å². The minimum Gasteiger partial charge on any atom is -0.497 e. The van der Waals surface area contributed by atoms with Crippen LogP contribution in [0.3, 0.4) is 0 Å². The molecule has 0 unspecified atom stereocenters. The van der Waals surface area contributed by atoms with Crippen molar-refractivity contribution in [2.24, 2.45) is 0 Å². The molecule has 0 aliphatic rings. The van der Waals surface area contributed by atoms with Gasteiger partial charge in [-0.05, 0) is 47.5 Å². The summed E-state index contributed by atoms with van der Waals surface area (Å²) >= 11 is 0. The van der Waals surface area contributed by atoms with Gasteiger partial charge in [-0.15, -0.1) is 0 Å². The predicted molar refractivity (Wildman–Crippen MR) is 119 cm³/mol. The second-order valence-electron chi connectivity index (χ2n) is 6.50. The lowest BCUT2D eigenvalue weighted by atomic mass is 10.1. The zero-order chi connectivity index (χ0) is 23.7. The quantitative estimate of drug-likeness (QED) is 0.324. The Morgan fingerprint density at radius 3 is 1.06 bits per heavy atom. The molecule has 8 heteroatoms. The number of hydrogen-bond acceptors (Lipinski definition) is 8. The molecular formula is C24H26O8. The number of methoxy groups -OCH3 is 4. The monoisotopic (exact) mass is 442 g/mol. The van der Waals surface area contributed by atoms with Gasteiger partial charge in [0.15, 0.2) is 11.5 Å². The lowest BCUT2D eigenvalue weighted by molar-refractivity contribution is -0.141. The molecule has 0 saturated heterocycles. The topological polar surface area (TPSA) is 89.5 Å². The molecule has 0 atom stereocenters. The Kier molecular flexibility index (Phi) is 8.71. The molecule has 0 saturated carbocycles. The Morgan fingerprint density at radius 1 is 0.562 bits per heavy atom. The third-order valence-electron chi connectivity index (χ3n) is 4.09. The first-order valence-electron chi connectivity index (χ1n) is 9.54. The predicted octanol–water partition coefficient (Wildman–Crippen LogP) is 4.23. The van der Waals surface area contributed by atoms with Gasteiger partial charge in [0.2, 0.25) is 0 Å². The molecule has 0 heterocycles. The summed E-state index contributed by atoms with van der Waals surface area (Å²) in [4.78, 5) is 23.6. The summed E-state index contributed by atoms with van der Waals surface area (Å²) in [5, 5.41) is 0. The van der Waals surface area contributed by atoms with E-state index in [0.29, 0.717) is 34.1 Å². The molecule has 0 radical (unpaired) electrons. The highest BCUT2D eigenvalue weighted by atomic mass is 16.6. The van der Waals surface area contributed by atoms with Crippen LogP contribution in [0.2, 0.25) is 0 Å². The van der Waals surface area contributed by atoms with Gasteiger partial charge in [0, 0.05) is 26.0 Å². The van der Waals surface area contributed by atoms with Gasteiger partial charge in [0.1, 0.15) is 23.0 Å². The van der Waals surface area contributed by atoms with Crippen molar-refractivity contribution in [3.05, 3.63) is 59.0 Å². The van der Waals surface area contributed by atoms with Gasteiger partial charge in [-0.2, -0.15) is 0 Å². The minimum absolute atomic E-state index is 0.0183. The van der Waals surface area contributed by atoms with Gasteiger partial charge < -0.3 is 28.4 Å². The Morgan fingerprint density at radius 2 is 0.844 bits per heavy atom. The zero-order valence-corrected chi connectivity index (χ0v) is 18.9. The molecule has 0 aliphatic carbocycles.